The van der Waals surface area contributed by atoms with Crippen molar-refractivity contribution in [2.24, 2.45) is 10.9 Å². The van der Waals surface area contributed by atoms with E-state index in [-0.39, 0.29) is 17.1 Å². The second-order valence-electron chi connectivity index (χ2n) is 5.88. The molecule has 1 N–H and O–H groups in total. The molecule has 2 saturated heterocycles. The van der Waals surface area contributed by atoms with Gasteiger partial charge in [0.15, 0.2) is 11.0 Å². The fourth-order valence-electron chi connectivity index (χ4n) is 2.84. The topological polar surface area (TPSA) is 71.0 Å². The first-order valence-electron chi connectivity index (χ1n) is 7.94. The molecule has 0 saturated carbocycles. The van der Waals surface area contributed by atoms with Crippen LogP contribution in [0.3, 0.4) is 0 Å². The minimum absolute atomic E-state index is 0.0801. The Balaban J connectivity index is 1.78. The molecule has 2 fully saturated rings. The van der Waals surface area contributed by atoms with Gasteiger partial charge in [-0.1, -0.05) is 18.2 Å². The summed E-state index contributed by atoms with van der Waals surface area (Å²) in [5, 5.41) is 2.69. The van der Waals surface area contributed by atoms with Gasteiger partial charge in [0.2, 0.25) is 5.91 Å². The van der Waals surface area contributed by atoms with Crippen LogP contribution in [0.5, 0.6) is 0 Å². The molecule has 3 rings (SSSR count). The number of hydrogen-bond acceptors (Lipinski definition) is 5. The Labute approximate surface area is 145 Å². The van der Waals surface area contributed by atoms with Crippen LogP contribution in [-0.2, 0) is 14.3 Å². The van der Waals surface area contributed by atoms with Gasteiger partial charge in [0.05, 0.1) is 18.3 Å². The standard InChI is InChI=1S/C17H19N3O3S/c1-11-5-2-3-7-14(11)20-16(22)13(15(21)19-17(20)24)10-18-9-12-6-4-8-23-12/h2-3,5,7,10,12-13H,4,6,8-9H2,1H3,(H,19,21,24)/t12-,13+/m1/s1. The third-order valence-corrected chi connectivity index (χ3v) is 4.43. The molecule has 0 spiro atoms. The van der Waals surface area contributed by atoms with E-state index in [1.807, 2.05) is 25.1 Å². The molecule has 0 bridgehead atoms. The SMILES string of the molecule is Cc1ccccc1N1C(=O)[C@@H](C=NC[C@H]2CCCO2)C(=O)NC1=S. The summed E-state index contributed by atoms with van der Waals surface area (Å²) in [7, 11) is 0. The first-order chi connectivity index (χ1) is 11.6. The minimum Gasteiger partial charge on any atom is -0.376 e. The van der Waals surface area contributed by atoms with Crippen LogP contribution >= 0.6 is 12.2 Å². The molecule has 0 aliphatic carbocycles. The van der Waals surface area contributed by atoms with Gasteiger partial charge in [-0.25, -0.2) is 0 Å². The van der Waals surface area contributed by atoms with Gasteiger partial charge in [-0.2, -0.15) is 0 Å². The van der Waals surface area contributed by atoms with E-state index in [0.717, 1.165) is 25.0 Å². The van der Waals surface area contributed by atoms with Gasteiger partial charge in [0.1, 0.15) is 0 Å². The van der Waals surface area contributed by atoms with Crippen molar-refractivity contribution in [2.45, 2.75) is 25.9 Å². The summed E-state index contributed by atoms with van der Waals surface area (Å²) in [6, 6.07) is 7.41. The zero-order valence-corrected chi connectivity index (χ0v) is 14.2. The van der Waals surface area contributed by atoms with Gasteiger partial charge in [-0.3, -0.25) is 19.5 Å². The number of aryl methyl sites for hydroxylation is 1. The number of carbonyl (C=O) groups excluding carboxylic acids is 2. The summed E-state index contributed by atoms with van der Waals surface area (Å²) < 4.78 is 5.49. The zero-order chi connectivity index (χ0) is 17.1. The number of ether oxygens (including phenoxy) is 1. The number of para-hydroxylation sites is 1. The molecule has 2 amide bonds. The summed E-state index contributed by atoms with van der Waals surface area (Å²) >= 11 is 5.18. The van der Waals surface area contributed by atoms with Crippen molar-refractivity contribution < 1.29 is 14.3 Å². The quantitative estimate of drug-likeness (QED) is 0.511. The number of thiocarbonyl (C=S) groups is 1. The highest BCUT2D eigenvalue weighted by molar-refractivity contribution is 7.80. The van der Waals surface area contributed by atoms with E-state index in [4.69, 9.17) is 17.0 Å². The molecule has 126 valence electrons. The maximum atomic E-state index is 12.8. The van der Waals surface area contributed by atoms with Gasteiger partial charge in [-0.05, 0) is 43.6 Å². The van der Waals surface area contributed by atoms with Crippen LogP contribution in [0.15, 0.2) is 29.3 Å². The minimum atomic E-state index is -0.974. The number of rotatable bonds is 4. The Kier molecular flexibility index (Phi) is 5.01. The molecular weight excluding hydrogens is 326 g/mol. The summed E-state index contributed by atoms with van der Waals surface area (Å²) in [5.41, 5.74) is 1.57. The van der Waals surface area contributed by atoms with Crippen molar-refractivity contribution in [2.75, 3.05) is 18.1 Å². The highest BCUT2D eigenvalue weighted by Crippen LogP contribution is 2.24. The van der Waals surface area contributed by atoms with Gasteiger partial charge in [0.25, 0.3) is 5.91 Å². The molecule has 2 aliphatic heterocycles. The third kappa shape index (κ3) is 3.37. The molecule has 2 heterocycles. The number of nitrogens with one attached hydrogen (secondary N) is 1. The molecule has 7 heteroatoms. The molecule has 1 aromatic rings. The maximum absolute atomic E-state index is 12.8. The number of hydrogen-bond donors (Lipinski definition) is 1. The Hall–Kier alpha value is -2.12. The number of amides is 2. The highest BCUT2D eigenvalue weighted by Gasteiger charge is 2.38. The summed E-state index contributed by atoms with van der Waals surface area (Å²) in [6.07, 6.45) is 3.48. The lowest BCUT2D eigenvalue weighted by atomic mass is 10.0. The van der Waals surface area contributed by atoms with E-state index < -0.39 is 11.8 Å². The predicted octanol–water partition coefficient (Wildman–Crippen LogP) is 1.61. The third-order valence-electron chi connectivity index (χ3n) is 4.15. The fourth-order valence-corrected chi connectivity index (χ4v) is 3.13. The Bertz CT molecular complexity index is 698. The molecular formula is C17H19N3O3S. The van der Waals surface area contributed by atoms with E-state index >= 15 is 0 Å². The Morgan fingerprint density at radius 2 is 2.21 bits per heavy atom. The first kappa shape index (κ1) is 16.7. The fraction of sp³-hybridized carbons (Fsp3) is 0.412. The summed E-state index contributed by atoms with van der Waals surface area (Å²) in [4.78, 5) is 30.5. The highest BCUT2D eigenvalue weighted by atomic mass is 32.1. The van der Waals surface area contributed by atoms with Crippen molar-refractivity contribution in [3.63, 3.8) is 0 Å². The van der Waals surface area contributed by atoms with Crippen LogP contribution in [-0.4, -0.2) is 42.4 Å². The Morgan fingerprint density at radius 1 is 1.42 bits per heavy atom. The molecule has 24 heavy (non-hydrogen) atoms. The lowest BCUT2D eigenvalue weighted by Crippen LogP contribution is -2.58. The van der Waals surface area contributed by atoms with Crippen LogP contribution in [0.2, 0.25) is 0 Å². The van der Waals surface area contributed by atoms with Crippen molar-refractivity contribution in [1.29, 1.82) is 0 Å². The normalized spacial score (nSPS) is 24.7. The number of carbonyl (C=O) groups is 2. The van der Waals surface area contributed by atoms with Crippen molar-refractivity contribution in [1.82, 2.24) is 5.32 Å². The van der Waals surface area contributed by atoms with E-state index in [1.54, 1.807) is 6.07 Å². The monoisotopic (exact) mass is 345 g/mol. The van der Waals surface area contributed by atoms with Crippen molar-refractivity contribution >= 4 is 41.0 Å². The lowest BCUT2D eigenvalue weighted by molar-refractivity contribution is -0.130. The molecule has 0 radical (unpaired) electrons. The van der Waals surface area contributed by atoms with Gasteiger partial charge in [0, 0.05) is 12.8 Å². The van der Waals surface area contributed by atoms with Gasteiger partial charge >= 0.3 is 0 Å². The summed E-state index contributed by atoms with van der Waals surface area (Å²) in [5.74, 6) is -1.79. The van der Waals surface area contributed by atoms with E-state index in [2.05, 4.69) is 10.3 Å². The molecule has 1 aromatic carbocycles. The maximum Gasteiger partial charge on any atom is 0.251 e. The van der Waals surface area contributed by atoms with E-state index in [9.17, 15) is 9.59 Å². The van der Waals surface area contributed by atoms with Gasteiger partial charge in [-0.15, -0.1) is 0 Å². The largest absolute Gasteiger partial charge is 0.376 e. The van der Waals surface area contributed by atoms with Crippen LogP contribution < -0.4 is 10.2 Å². The number of aliphatic imine (C=N–C) groups is 1. The van der Waals surface area contributed by atoms with Crippen LogP contribution in [0, 0.1) is 12.8 Å². The molecule has 0 unspecified atom stereocenters. The van der Waals surface area contributed by atoms with E-state index in [1.165, 1.54) is 11.1 Å². The van der Waals surface area contributed by atoms with Crippen molar-refractivity contribution in [3.8, 4) is 0 Å². The second-order valence-corrected chi connectivity index (χ2v) is 6.27. The number of nitrogens with zero attached hydrogens (tertiary/aromatic N) is 2. The van der Waals surface area contributed by atoms with Crippen molar-refractivity contribution in [3.05, 3.63) is 29.8 Å². The molecule has 0 aromatic heterocycles. The first-order valence-corrected chi connectivity index (χ1v) is 8.34. The number of anilines is 1. The van der Waals surface area contributed by atoms with Crippen LogP contribution in [0.4, 0.5) is 5.69 Å². The predicted molar refractivity (Wildman–Crippen MR) is 95.2 cm³/mol. The molecule has 2 atom stereocenters. The zero-order valence-electron chi connectivity index (χ0n) is 13.4. The van der Waals surface area contributed by atoms with Crippen LogP contribution in [0.1, 0.15) is 18.4 Å². The van der Waals surface area contributed by atoms with Crippen LogP contribution in [0.25, 0.3) is 0 Å². The lowest BCUT2D eigenvalue weighted by Gasteiger charge is -2.31. The van der Waals surface area contributed by atoms with Gasteiger partial charge < -0.3 is 10.1 Å². The number of benzene rings is 1. The Morgan fingerprint density at radius 3 is 2.92 bits per heavy atom. The average Bonchev–Trinajstić information content (AvgIpc) is 3.05. The molecule has 2 aliphatic rings. The average molecular weight is 345 g/mol. The molecule has 6 nitrogen and oxygen atoms in total. The van der Waals surface area contributed by atoms with E-state index in [0.29, 0.717) is 12.2 Å². The second kappa shape index (κ2) is 7.19. The summed E-state index contributed by atoms with van der Waals surface area (Å²) in [6.45, 7) is 3.10. The smallest absolute Gasteiger partial charge is 0.251 e.